The van der Waals surface area contributed by atoms with E-state index in [9.17, 15) is 9.18 Å². The van der Waals surface area contributed by atoms with Crippen LogP contribution in [0.5, 0.6) is 11.5 Å². The normalized spacial score (nSPS) is 12.1. The number of halogens is 2. The first kappa shape index (κ1) is 14.8. The number of hydrogen-bond donors (Lipinski definition) is 1. The van der Waals surface area contributed by atoms with Crippen molar-refractivity contribution in [2.24, 2.45) is 5.92 Å². The molecule has 1 rings (SSSR count). The van der Waals surface area contributed by atoms with Crippen LogP contribution in [0.15, 0.2) is 10.5 Å². The number of methoxy groups -OCH3 is 2. The molecule has 0 aliphatic carbocycles. The molecule has 0 amide bonds. The third-order valence-corrected chi connectivity index (χ3v) is 3.15. The average molecular weight is 321 g/mol. The van der Waals surface area contributed by atoms with Gasteiger partial charge in [0.1, 0.15) is 0 Å². The highest BCUT2D eigenvalue weighted by molar-refractivity contribution is 9.10. The molecular weight excluding hydrogens is 307 g/mol. The Labute approximate surface area is 113 Å². The molecule has 1 unspecified atom stereocenters. The van der Waals surface area contributed by atoms with E-state index in [0.29, 0.717) is 10.0 Å². The molecule has 100 valence electrons. The summed E-state index contributed by atoms with van der Waals surface area (Å²) in [4.78, 5) is 10.8. The third kappa shape index (κ3) is 2.93. The number of ether oxygens (including phenoxy) is 2. The second-order valence-corrected chi connectivity index (χ2v) is 4.70. The van der Waals surface area contributed by atoms with Crippen LogP contribution in [0.25, 0.3) is 0 Å². The van der Waals surface area contributed by atoms with E-state index in [1.165, 1.54) is 14.2 Å². The lowest BCUT2D eigenvalue weighted by Gasteiger charge is -2.15. The standard InChI is InChI=1S/C12H14BrFO4/c1-6(12(15)16)4-7-5-8(13)11(18-3)9(14)10(7)17-2/h5-6H,4H2,1-3H3,(H,15,16). The summed E-state index contributed by atoms with van der Waals surface area (Å²) in [5.41, 5.74) is 0.484. The smallest absolute Gasteiger partial charge is 0.306 e. The van der Waals surface area contributed by atoms with Gasteiger partial charge in [0.25, 0.3) is 0 Å². The van der Waals surface area contributed by atoms with Gasteiger partial charge in [0.2, 0.25) is 5.82 Å². The molecule has 0 radical (unpaired) electrons. The van der Waals surface area contributed by atoms with Crippen LogP contribution in [0, 0.1) is 11.7 Å². The van der Waals surface area contributed by atoms with E-state index < -0.39 is 17.7 Å². The summed E-state index contributed by atoms with van der Waals surface area (Å²) < 4.78 is 24.3. The molecule has 0 aromatic heterocycles. The van der Waals surface area contributed by atoms with Crippen molar-refractivity contribution in [1.29, 1.82) is 0 Å². The molecule has 0 spiro atoms. The maximum atomic E-state index is 14.0. The molecule has 0 saturated heterocycles. The fraction of sp³-hybridized carbons (Fsp3) is 0.417. The molecule has 18 heavy (non-hydrogen) atoms. The average Bonchev–Trinajstić information content (AvgIpc) is 2.29. The summed E-state index contributed by atoms with van der Waals surface area (Å²) in [5, 5.41) is 8.88. The Bertz CT molecular complexity index is 462. The van der Waals surface area contributed by atoms with Crippen LogP contribution in [-0.4, -0.2) is 25.3 Å². The molecule has 0 saturated carbocycles. The molecule has 1 aromatic rings. The Kier molecular flexibility index (Phi) is 4.95. The van der Waals surface area contributed by atoms with Gasteiger partial charge in [-0.2, -0.15) is 4.39 Å². The van der Waals surface area contributed by atoms with E-state index in [-0.39, 0.29) is 17.9 Å². The van der Waals surface area contributed by atoms with Crippen molar-refractivity contribution in [2.75, 3.05) is 14.2 Å². The van der Waals surface area contributed by atoms with Gasteiger partial charge in [-0.15, -0.1) is 0 Å². The van der Waals surface area contributed by atoms with Gasteiger partial charge in [0.05, 0.1) is 24.6 Å². The van der Waals surface area contributed by atoms with E-state index in [2.05, 4.69) is 15.9 Å². The Morgan fingerprint density at radius 2 is 2.00 bits per heavy atom. The minimum atomic E-state index is -0.940. The summed E-state index contributed by atoms with van der Waals surface area (Å²) in [5.74, 6) is -2.15. The van der Waals surface area contributed by atoms with Crippen molar-refractivity contribution in [3.05, 3.63) is 21.9 Å². The van der Waals surface area contributed by atoms with E-state index >= 15 is 0 Å². The SMILES string of the molecule is COc1c(Br)cc(CC(C)C(=O)O)c(OC)c1F. The number of benzene rings is 1. The maximum absolute atomic E-state index is 14.0. The largest absolute Gasteiger partial charge is 0.493 e. The lowest BCUT2D eigenvalue weighted by molar-refractivity contribution is -0.141. The van der Waals surface area contributed by atoms with Gasteiger partial charge in [-0.25, -0.2) is 0 Å². The minimum absolute atomic E-state index is 0.0168. The second-order valence-electron chi connectivity index (χ2n) is 3.84. The molecule has 0 bridgehead atoms. The summed E-state index contributed by atoms with van der Waals surface area (Å²) >= 11 is 3.18. The van der Waals surface area contributed by atoms with Crippen LogP contribution >= 0.6 is 15.9 Å². The monoisotopic (exact) mass is 320 g/mol. The molecule has 1 atom stereocenters. The van der Waals surface area contributed by atoms with Gasteiger partial charge in [-0.1, -0.05) is 6.92 Å². The molecule has 0 aliphatic rings. The van der Waals surface area contributed by atoms with E-state index in [1.807, 2.05) is 0 Å². The Morgan fingerprint density at radius 1 is 1.44 bits per heavy atom. The van der Waals surface area contributed by atoms with Crippen LogP contribution in [-0.2, 0) is 11.2 Å². The van der Waals surface area contributed by atoms with Crippen LogP contribution in [0.4, 0.5) is 4.39 Å². The number of rotatable bonds is 5. The van der Waals surface area contributed by atoms with Crippen molar-refractivity contribution in [1.82, 2.24) is 0 Å². The highest BCUT2D eigenvalue weighted by atomic mass is 79.9. The summed E-state index contributed by atoms with van der Waals surface area (Å²) in [6.45, 7) is 1.55. The fourth-order valence-corrected chi connectivity index (χ4v) is 2.22. The predicted octanol–water partition coefficient (Wildman–Crippen LogP) is 2.87. The van der Waals surface area contributed by atoms with Gasteiger partial charge >= 0.3 is 5.97 Å². The van der Waals surface area contributed by atoms with Gasteiger partial charge in [-0.05, 0) is 34.0 Å². The highest BCUT2D eigenvalue weighted by Gasteiger charge is 2.21. The molecule has 6 heteroatoms. The first-order chi connectivity index (χ1) is 8.42. The minimum Gasteiger partial charge on any atom is -0.493 e. The lowest BCUT2D eigenvalue weighted by atomic mass is 10.00. The zero-order chi connectivity index (χ0) is 13.9. The van der Waals surface area contributed by atoms with Crippen LogP contribution in [0.1, 0.15) is 12.5 Å². The molecule has 0 fully saturated rings. The Balaban J connectivity index is 3.24. The van der Waals surface area contributed by atoms with Gasteiger partial charge in [0, 0.05) is 0 Å². The number of carboxylic acid groups (broad SMARTS) is 1. The zero-order valence-corrected chi connectivity index (χ0v) is 11.9. The lowest BCUT2D eigenvalue weighted by Crippen LogP contribution is -2.13. The predicted molar refractivity (Wildman–Crippen MR) is 67.7 cm³/mol. The highest BCUT2D eigenvalue weighted by Crippen LogP contribution is 2.38. The topological polar surface area (TPSA) is 55.8 Å². The van der Waals surface area contributed by atoms with Crippen molar-refractivity contribution < 1.29 is 23.8 Å². The van der Waals surface area contributed by atoms with Crippen LogP contribution in [0.3, 0.4) is 0 Å². The van der Waals surface area contributed by atoms with Crippen molar-refractivity contribution >= 4 is 21.9 Å². The maximum Gasteiger partial charge on any atom is 0.306 e. The third-order valence-electron chi connectivity index (χ3n) is 2.56. The van der Waals surface area contributed by atoms with Gasteiger partial charge < -0.3 is 14.6 Å². The number of carboxylic acids is 1. The number of carbonyl (C=O) groups is 1. The number of aliphatic carboxylic acids is 1. The Morgan fingerprint density at radius 3 is 2.44 bits per heavy atom. The quantitative estimate of drug-likeness (QED) is 0.906. The Hall–Kier alpha value is -1.30. The summed E-state index contributed by atoms with van der Waals surface area (Å²) in [7, 11) is 2.68. The fourth-order valence-electron chi connectivity index (χ4n) is 1.61. The summed E-state index contributed by atoms with van der Waals surface area (Å²) in [6.07, 6.45) is 0.179. The van der Waals surface area contributed by atoms with Gasteiger partial charge in [0.15, 0.2) is 11.5 Å². The van der Waals surface area contributed by atoms with Crippen LogP contribution in [0.2, 0.25) is 0 Å². The van der Waals surface area contributed by atoms with E-state index in [0.717, 1.165) is 0 Å². The molecule has 0 heterocycles. The first-order valence-electron chi connectivity index (χ1n) is 5.24. The van der Waals surface area contributed by atoms with Crippen molar-refractivity contribution in [2.45, 2.75) is 13.3 Å². The zero-order valence-electron chi connectivity index (χ0n) is 10.3. The van der Waals surface area contributed by atoms with Gasteiger partial charge in [-0.3, -0.25) is 4.79 Å². The first-order valence-corrected chi connectivity index (χ1v) is 6.03. The molecule has 4 nitrogen and oxygen atoms in total. The molecular formula is C12H14BrFO4. The van der Waals surface area contributed by atoms with E-state index in [4.69, 9.17) is 14.6 Å². The molecule has 1 aromatic carbocycles. The van der Waals surface area contributed by atoms with Crippen LogP contribution < -0.4 is 9.47 Å². The van der Waals surface area contributed by atoms with Crippen molar-refractivity contribution in [3.8, 4) is 11.5 Å². The summed E-state index contributed by atoms with van der Waals surface area (Å²) in [6, 6.07) is 1.61. The van der Waals surface area contributed by atoms with Crippen molar-refractivity contribution in [3.63, 3.8) is 0 Å². The van der Waals surface area contributed by atoms with E-state index in [1.54, 1.807) is 13.0 Å². The molecule has 1 N–H and O–H groups in total. The number of hydrogen-bond acceptors (Lipinski definition) is 3. The molecule has 0 aliphatic heterocycles. The second kappa shape index (κ2) is 6.04.